The van der Waals surface area contributed by atoms with Crippen LogP contribution in [0.2, 0.25) is 0 Å². The number of hydrogen-bond acceptors (Lipinski definition) is 6. The van der Waals surface area contributed by atoms with Crippen LogP contribution in [0.4, 0.5) is 0 Å². The van der Waals surface area contributed by atoms with Gasteiger partial charge in [0.1, 0.15) is 0 Å². The minimum Gasteiger partial charge on any atom is -0.394 e. The van der Waals surface area contributed by atoms with Crippen molar-refractivity contribution in [3.05, 3.63) is 11.9 Å². The second-order valence-electron chi connectivity index (χ2n) is 4.60. The predicted octanol–water partition coefficient (Wildman–Crippen LogP) is -1.21. The van der Waals surface area contributed by atoms with Crippen LogP contribution in [0.5, 0.6) is 0 Å². The van der Waals surface area contributed by atoms with E-state index in [0.29, 0.717) is 25.4 Å². The lowest BCUT2D eigenvalue weighted by Crippen LogP contribution is -2.23. The lowest BCUT2D eigenvalue weighted by atomic mass is 10.1. The van der Waals surface area contributed by atoms with E-state index in [0.717, 1.165) is 12.1 Å². The maximum atomic E-state index is 11.3. The van der Waals surface area contributed by atoms with Crippen molar-refractivity contribution in [2.45, 2.75) is 19.5 Å². The smallest absolute Gasteiger partial charge is 0.150 e. The van der Waals surface area contributed by atoms with Gasteiger partial charge >= 0.3 is 0 Å². The molecule has 1 aliphatic heterocycles. The minimum atomic E-state index is -2.79. The van der Waals surface area contributed by atoms with Crippen molar-refractivity contribution in [2.75, 3.05) is 24.7 Å². The highest BCUT2D eigenvalue weighted by Crippen LogP contribution is 2.17. The van der Waals surface area contributed by atoms with Gasteiger partial charge in [-0.1, -0.05) is 5.21 Å². The first-order valence-electron chi connectivity index (χ1n) is 6.00. The highest BCUT2D eigenvalue weighted by atomic mass is 32.2. The van der Waals surface area contributed by atoms with Gasteiger partial charge in [0.05, 0.1) is 30.4 Å². The van der Waals surface area contributed by atoms with Crippen LogP contribution in [0, 0.1) is 5.92 Å². The summed E-state index contributed by atoms with van der Waals surface area (Å²) < 4.78 is 24.1. The molecule has 2 heterocycles. The van der Waals surface area contributed by atoms with Crippen LogP contribution in [-0.2, 0) is 22.9 Å². The molecule has 0 bridgehead atoms. The second-order valence-corrected chi connectivity index (χ2v) is 6.83. The van der Waals surface area contributed by atoms with Crippen LogP contribution in [0.1, 0.15) is 12.1 Å². The van der Waals surface area contributed by atoms with E-state index in [-0.39, 0.29) is 18.3 Å². The van der Waals surface area contributed by atoms with E-state index < -0.39 is 9.84 Å². The molecule has 7 nitrogen and oxygen atoms in total. The summed E-state index contributed by atoms with van der Waals surface area (Å²) in [4.78, 5) is 0. The van der Waals surface area contributed by atoms with Crippen LogP contribution >= 0.6 is 0 Å². The number of nitrogens with one attached hydrogen (secondary N) is 1. The number of nitrogens with zero attached hydrogens (tertiary/aromatic N) is 3. The summed E-state index contributed by atoms with van der Waals surface area (Å²) in [5, 5.41) is 19.7. The molecule has 0 aliphatic carbocycles. The Balaban J connectivity index is 1.72. The highest BCUT2D eigenvalue weighted by molar-refractivity contribution is 7.91. The summed E-state index contributed by atoms with van der Waals surface area (Å²) in [5.41, 5.74) is 0.796. The van der Waals surface area contributed by atoms with Crippen LogP contribution in [0.15, 0.2) is 6.20 Å². The summed E-state index contributed by atoms with van der Waals surface area (Å²) in [7, 11) is -2.79. The molecule has 18 heavy (non-hydrogen) atoms. The lowest BCUT2D eigenvalue weighted by Gasteiger charge is -2.07. The van der Waals surface area contributed by atoms with E-state index in [9.17, 15) is 8.42 Å². The van der Waals surface area contributed by atoms with Crippen LogP contribution in [-0.4, -0.2) is 53.2 Å². The van der Waals surface area contributed by atoms with E-state index in [2.05, 4.69) is 15.6 Å². The second kappa shape index (κ2) is 5.77. The van der Waals surface area contributed by atoms with E-state index in [1.807, 2.05) is 0 Å². The average molecular weight is 274 g/mol. The number of hydrogen-bond donors (Lipinski definition) is 2. The molecule has 2 N–H and O–H groups in total. The van der Waals surface area contributed by atoms with Gasteiger partial charge in [0.2, 0.25) is 0 Å². The first kappa shape index (κ1) is 13.4. The molecule has 102 valence electrons. The fourth-order valence-corrected chi connectivity index (χ4v) is 3.93. The monoisotopic (exact) mass is 274 g/mol. The van der Waals surface area contributed by atoms with Gasteiger partial charge in [-0.05, 0) is 18.9 Å². The highest BCUT2D eigenvalue weighted by Gasteiger charge is 2.27. The van der Waals surface area contributed by atoms with Crippen molar-refractivity contribution in [2.24, 2.45) is 5.92 Å². The summed E-state index contributed by atoms with van der Waals surface area (Å²) in [6, 6.07) is 0. The molecule has 0 radical (unpaired) electrons. The van der Waals surface area contributed by atoms with Crippen molar-refractivity contribution in [3.63, 3.8) is 0 Å². The van der Waals surface area contributed by atoms with Crippen LogP contribution in [0.25, 0.3) is 0 Å². The molecule has 1 aromatic heterocycles. The fraction of sp³-hybridized carbons (Fsp3) is 0.800. The summed E-state index contributed by atoms with van der Waals surface area (Å²) >= 11 is 0. The molecule has 1 aliphatic rings. The maximum absolute atomic E-state index is 11.3. The maximum Gasteiger partial charge on any atom is 0.150 e. The Bertz CT molecular complexity index is 485. The zero-order chi connectivity index (χ0) is 13.0. The first-order chi connectivity index (χ1) is 8.59. The number of aromatic nitrogens is 3. The Morgan fingerprint density at radius 2 is 2.39 bits per heavy atom. The molecule has 0 saturated carbocycles. The molecular formula is C10H18N4O3S. The van der Waals surface area contributed by atoms with Crippen LogP contribution in [0.3, 0.4) is 0 Å². The molecule has 1 unspecified atom stereocenters. The van der Waals surface area contributed by atoms with Gasteiger partial charge in [-0.2, -0.15) is 0 Å². The van der Waals surface area contributed by atoms with E-state index in [1.165, 1.54) is 0 Å². The van der Waals surface area contributed by atoms with Crippen molar-refractivity contribution >= 4 is 9.84 Å². The Labute approximate surface area is 106 Å². The molecule has 0 amide bonds. The Morgan fingerprint density at radius 1 is 1.56 bits per heavy atom. The normalized spacial score (nSPS) is 22.4. The zero-order valence-electron chi connectivity index (χ0n) is 10.1. The molecule has 1 atom stereocenters. The minimum absolute atomic E-state index is 0.0379. The fourth-order valence-electron chi connectivity index (χ4n) is 2.07. The first-order valence-corrected chi connectivity index (χ1v) is 7.82. The Morgan fingerprint density at radius 3 is 3.06 bits per heavy atom. The summed E-state index contributed by atoms with van der Waals surface area (Å²) in [6.45, 7) is 1.73. The number of aliphatic hydroxyl groups excluding tert-OH is 1. The molecule has 1 fully saturated rings. The number of rotatable bonds is 6. The third-order valence-corrected chi connectivity index (χ3v) is 4.82. The SMILES string of the molecule is O=S1(=O)CCC(CNCc2cn(CCO)nn2)C1. The quantitative estimate of drug-likeness (QED) is 0.676. The zero-order valence-corrected chi connectivity index (χ0v) is 10.9. The molecule has 0 spiro atoms. The van der Waals surface area contributed by atoms with Crippen molar-refractivity contribution in [1.29, 1.82) is 0 Å². The largest absolute Gasteiger partial charge is 0.394 e. The molecule has 1 saturated heterocycles. The molecule has 0 aromatic carbocycles. The van der Waals surface area contributed by atoms with Gasteiger partial charge in [-0.25, -0.2) is 13.1 Å². The number of aliphatic hydroxyl groups is 1. The predicted molar refractivity (Wildman–Crippen MR) is 65.6 cm³/mol. The van der Waals surface area contributed by atoms with E-state index >= 15 is 0 Å². The van der Waals surface area contributed by atoms with Gasteiger partial charge < -0.3 is 10.4 Å². The third kappa shape index (κ3) is 3.76. The Kier molecular flexibility index (Phi) is 4.31. The Hall–Kier alpha value is -0.990. The van der Waals surface area contributed by atoms with Gasteiger partial charge in [0.25, 0.3) is 0 Å². The topological polar surface area (TPSA) is 97.1 Å². The van der Waals surface area contributed by atoms with E-state index in [4.69, 9.17) is 5.11 Å². The van der Waals surface area contributed by atoms with Gasteiger partial charge in [0, 0.05) is 12.7 Å². The third-order valence-electron chi connectivity index (χ3n) is 2.98. The van der Waals surface area contributed by atoms with Gasteiger partial charge in [-0.15, -0.1) is 5.10 Å². The standard InChI is InChI=1S/C10H18N4O3S/c15-3-2-14-7-10(12-13-14)6-11-5-9-1-4-18(16,17)8-9/h7,9,11,15H,1-6,8H2. The van der Waals surface area contributed by atoms with Crippen molar-refractivity contribution in [1.82, 2.24) is 20.3 Å². The lowest BCUT2D eigenvalue weighted by molar-refractivity contribution is 0.268. The summed E-state index contributed by atoms with van der Waals surface area (Å²) in [5.74, 6) is 0.811. The summed E-state index contributed by atoms with van der Waals surface area (Å²) in [6.07, 6.45) is 2.52. The van der Waals surface area contributed by atoms with Gasteiger partial charge in [0.15, 0.2) is 9.84 Å². The van der Waals surface area contributed by atoms with Crippen LogP contribution < -0.4 is 5.32 Å². The van der Waals surface area contributed by atoms with Gasteiger partial charge in [-0.3, -0.25) is 0 Å². The molecular weight excluding hydrogens is 256 g/mol. The molecule has 1 aromatic rings. The van der Waals surface area contributed by atoms with E-state index in [1.54, 1.807) is 10.9 Å². The van der Waals surface area contributed by atoms with Crippen molar-refractivity contribution < 1.29 is 13.5 Å². The molecule has 2 rings (SSSR count). The van der Waals surface area contributed by atoms with Crippen molar-refractivity contribution in [3.8, 4) is 0 Å². The average Bonchev–Trinajstić information content (AvgIpc) is 2.87. The number of sulfone groups is 1. The molecule has 8 heteroatoms.